The number of hydrogen-bond acceptors (Lipinski definition) is 5. The van der Waals surface area contributed by atoms with Crippen LogP contribution in [0.1, 0.15) is 38.4 Å². The highest BCUT2D eigenvalue weighted by molar-refractivity contribution is 7.98. The number of carbonyl (C=O) groups is 2. The Morgan fingerprint density at radius 1 is 1.22 bits per heavy atom. The Bertz CT molecular complexity index is 437. The fourth-order valence-corrected chi connectivity index (χ4v) is 2.63. The van der Waals surface area contributed by atoms with Gasteiger partial charge in [0.15, 0.2) is 0 Å². The summed E-state index contributed by atoms with van der Waals surface area (Å²) in [7, 11) is 0. The fourth-order valence-electron chi connectivity index (χ4n) is 1.87. The third kappa shape index (κ3) is 10.7. The van der Waals surface area contributed by atoms with Crippen molar-refractivity contribution in [3.05, 3.63) is 24.2 Å². The molecule has 1 rings (SSSR count). The highest BCUT2D eigenvalue weighted by Gasteiger charge is 2.02. The zero-order chi connectivity index (χ0) is 16.8. The minimum atomic E-state index is -0.148. The van der Waals surface area contributed by atoms with Gasteiger partial charge in [-0.05, 0) is 31.9 Å². The van der Waals surface area contributed by atoms with Crippen LogP contribution in [0, 0.1) is 0 Å². The Balaban J connectivity index is 1.85. The number of ether oxygens (including phenoxy) is 1. The van der Waals surface area contributed by atoms with Crippen molar-refractivity contribution in [2.45, 2.75) is 38.4 Å². The number of rotatable bonds is 12. The van der Waals surface area contributed by atoms with Crippen molar-refractivity contribution in [1.29, 1.82) is 0 Å². The van der Waals surface area contributed by atoms with Crippen molar-refractivity contribution in [2.24, 2.45) is 0 Å². The molecule has 0 fully saturated rings. The smallest absolute Gasteiger partial charge is 0.314 e. The molecule has 1 aromatic rings. The first kappa shape index (κ1) is 19.4. The Hall–Kier alpha value is -1.63. The molecule has 130 valence electrons. The van der Waals surface area contributed by atoms with E-state index in [-0.39, 0.29) is 12.0 Å². The van der Waals surface area contributed by atoms with Crippen molar-refractivity contribution < 1.29 is 18.7 Å². The maximum absolute atomic E-state index is 11.5. The minimum absolute atomic E-state index is 0.144. The lowest BCUT2D eigenvalue weighted by Gasteiger charge is -2.07. The van der Waals surface area contributed by atoms with E-state index < -0.39 is 0 Å². The summed E-state index contributed by atoms with van der Waals surface area (Å²) in [4.78, 5) is 22.7. The monoisotopic (exact) mass is 342 g/mol. The van der Waals surface area contributed by atoms with E-state index in [1.165, 1.54) is 0 Å². The maximum atomic E-state index is 11.5. The second-order valence-corrected chi connectivity index (χ2v) is 6.04. The first-order valence-electron chi connectivity index (χ1n) is 7.99. The molecule has 0 aromatic carbocycles. The van der Waals surface area contributed by atoms with Crippen LogP contribution in [-0.4, -0.2) is 37.4 Å². The summed E-state index contributed by atoms with van der Waals surface area (Å²) in [5.41, 5.74) is 0. The number of thioether (sulfide) groups is 1. The van der Waals surface area contributed by atoms with Gasteiger partial charge in [0.25, 0.3) is 0 Å². The van der Waals surface area contributed by atoms with E-state index in [1.807, 2.05) is 12.1 Å². The lowest BCUT2D eigenvalue weighted by atomic mass is 10.2. The van der Waals surface area contributed by atoms with Gasteiger partial charge in [-0.1, -0.05) is 6.42 Å². The fraction of sp³-hybridized carbons (Fsp3) is 0.625. The van der Waals surface area contributed by atoms with Gasteiger partial charge in [-0.15, -0.1) is 0 Å². The first-order valence-corrected chi connectivity index (χ1v) is 9.15. The quantitative estimate of drug-likeness (QED) is 0.451. The normalized spacial score (nSPS) is 10.3. The molecular weight excluding hydrogens is 316 g/mol. The number of hydrogen-bond donors (Lipinski definition) is 2. The Kier molecular flexibility index (Phi) is 10.9. The molecule has 2 amide bonds. The van der Waals surface area contributed by atoms with Gasteiger partial charge in [0.2, 0.25) is 0 Å². The van der Waals surface area contributed by atoms with E-state index in [9.17, 15) is 9.59 Å². The number of furan rings is 1. The molecule has 1 aromatic heterocycles. The molecule has 0 unspecified atom stereocenters. The molecule has 23 heavy (non-hydrogen) atoms. The van der Waals surface area contributed by atoms with Crippen LogP contribution in [0.5, 0.6) is 0 Å². The maximum Gasteiger partial charge on any atom is 0.314 e. The summed E-state index contributed by atoms with van der Waals surface area (Å²) in [6.45, 7) is 3.48. The summed E-state index contributed by atoms with van der Waals surface area (Å²) >= 11 is 1.71. The lowest BCUT2D eigenvalue weighted by Crippen LogP contribution is -2.37. The summed E-state index contributed by atoms with van der Waals surface area (Å²) in [6, 6.07) is 3.66. The summed E-state index contributed by atoms with van der Waals surface area (Å²) < 4.78 is 10.1. The van der Waals surface area contributed by atoms with E-state index in [0.717, 1.165) is 36.5 Å². The van der Waals surface area contributed by atoms with Gasteiger partial charge in [0, 0.05) is 25.3 Å². The average molecular weight is 342 g/mol. The number of amides is 2. The highest BCUT2D eigenvalue weighted by atomic mass is 32.2. The van der Waals surface area contributed by atoms with Gasteiger partial charge in [-0.2, -0.15) is 11.8 Å². The number of esters is 1. The van der Waals surface area contributed by atoms with E-state index in [1.54, 1.807) is 24.9 Å². The summed E-state index contributed by atoms with van der Waals surface area (Å²) in [6.07, 6.45) is 4.67. The number of nitrogens with one attached hydrogen (secondary N) is 2. The van der Waals surface area contributed by atoms with Crippen LogP contribution < -0.4 is 10.6 Å². The van der Waals surface area contributed by atoms with Gasteiger partial charge in [0.1, 0.15) is 5.76 Å². The van der Waals surface area contributed by atoms with Gasteiger partial charge >= 0.3 is 12.0 Å². The van der Waals surface area contributed by atoms with Crippen molar-refractivity contribution in [3.63, 3.8) is 0 Å². The highest BCUT2D eigenvalue weighted by Crippen LogP contribution is 2.11. The third-order valence-electron chi connectivity index (χ3n) is 3.00. The molecule has 0 spiro atoms. The molecule has 0 aliphatic rings. The van der Waals surface area contributed by atoms with Gasteiger partial charge in [0.05, 0.1) is 18.6 Å². The third-order valence-corrected chi connectivity index (χ3v) is 3.99. The number of urea groups is 1. The molecule has 2 N–H and O–H groups in total. The molecule has 6 nitrogen and oxygen atoms in total. The molecule has 0 radical (unpaired) electrons. The van der Waals surface area contributed by atoms with Crippen LogP contribution in [0.2, 0.25) is 0 Å². The molecule has 0 bridgehead atoms. The van der Waals surface area contributed by atoms with Crippen LogP contribution >= 0.6 is 11.8 Å². The minimum Gasteiger partial charge on any atom is -0.468 e. The predicted octanol–water partition coefficient (Wildman–Crippen LogP) is 2.94. The van der Waals surface area contributed by atoms with Crippen LogP contribution in [0.4, 0.5) is 4.79 Å². The molecule has 0 aliphatic carbocycles. The molecule has 0 aliphatic heterocycles. The molecule has 1 heterocycles. The van der Waals surface area contributed by atoms with Crippen LogP contribution in [0.25, 0.3) is 0 Å². The van der Waals surface area contributed by atoms with Crippen LogP contribution in [0.3, 0.4) is 0 Å². The van der Waals surface area contributed by atoms with Crippen molar-refractivity contribution in [3.8, 4) is 0 Å². The number of unbranched alkanes of at least 4 members (excludes halogenated alkanes) is 2. The average Bonchev–Trinajstić information content (AvgIpc) is 3.04. The summed E-state index contributed by atoms with van der Waals surface area (Å²) in [5, 5.41) is 5.62. The van der Waals surface area contributed by atoms with E-state index in [0.29, 0.717) is 26.1 Å². The van der Waals surface area contributed by atoms with Gasteiger partial charge in [-0.3, -0.25) is 4.79 Å². The van der Waals surface area contributed by atoms with E-state index in [4.69, 9.17) is 9.15 Å². The SMILES string of the molecule is CCOC(=O)CCCCCNC(=O)NCCSCc1ccco1. The second kappa shape index (κ2) is 12.9. The van der Waals surface area contributed by atoms with Gasteiger partial charge in [-0.25, -0.2) is 4.79 Å². The Morgan fingerprint density at radius 2 is 2.04 bits per heavy atom. The van der Waals surface area contributed by atoms with Crippen LogP contribution in [0.15, 0.2) is 22.8 Å². The molecule has 0 saturated carbocycles. The van der Waals surface area contributed by atoms with E-state index >= 15 is 0 Å². The Morgan fingerprint density at radius 3 is 2.78 bits per heavy atom. The molecular formula is C16H26N2O4S. The standard InChI is InChI=1S/C16H26N2O4S/c1-2-21-15(19)8-4-3-5-9-17-16(20)18-10-12-23-13-14-7-6-11-22-14/h6-7,11H,2-5,8-10,12-13H2,1H3,(H2,17,18,20). The largest absolute Gasteiger partial charge is 0.468 e. The Labute approximate surface area is 141 Å². The van der Waals surface area contributed by atoms with Crippen molar-refractivity contribution >= 4 is 23.8 Å². The first-order chi connectivity index (χ1) is 11.2. The molecule has 0 atom stereocenters. The zero-order valence-electron chi connectivity index (χ0n) is 13.6. The number of carbonyl (C=O) groups excluding carboxylic acids is 2. The summed E-state index contributed by atoms with van der Waals surface area (Å²) in [5.74, 6) is 2.46. The van der Waals surface area contributed by atoms with Crippen molar-refractivity contribution in [1.82, 2.24) is 10.6 Å². The predicted molar refractivity (Wildman–Crippen MR) is 91.4 cm³/mol. The second-order valence-electron chi connectivity index (χ2n) is 4.93. The van der Waals surface area contributed by atoms with Gasteiger partial charge < -0.3 is 19.8 Å². The molecule has 0 saturated heterocycles. The van der Waals surface area contributed by atoms with Crippen LogP contribution in [-0.2, 0) is 15.3 Å². The molecule has 7 heteroatoms. The lowest BCUT2D eigenvalue weighted by molar-refractivity contribution is -0.143. The van der Waals surface area contributed by atoms with Crippen molar-refractivity contribution in [2.75, 3.05) is 25.4 Å². The zero-order valence-corrected chi connectivity index (χ0v) is 14.5. The topological polar surface area (TPSA) is 80.6 Å². The van der Waals surface area contributed by atoms with E-state index in [2.05, 4.69) is 10.6 Å².